The smallest absolute Gasteiger partial charge is 0.281 e. The third-order valence-electron chi connectivity index (χ3n) is 3.03. The predicted molar refractivity (Wildman–Crippen MR) is 63.9 cm³/mol. The van der Waals surface area contributed by atoms with Crippen LogP contribution in [0.3, 0.4) is 0 Å². The average Bonchev–Trinajstić information content (AvgIpc) is 2.39. The summed E-state index contributed by atoms with van der Waals surface area (Å²) in [5, 5.41) is 9.02. The molecule has 1 saturated heterocycles. The number of anilines is 1. The number of methoxy groups -OCH3 is 1. The number of ether oxygens (including phenoxy) is 1. The maximum absolute atomic E-state index is 9.02. The van der Waals surface area contributed by atoms with Crippen molar-refractivity contribution in [1.82, 2.24) is 9.88 Å². The molecule has 0 unspecified atom stereocenters. The summed E-state index contributed by atoms with van der Waals surface area (Å²) in [4.78, 5) is 8.93. The predicted octanol–water partition coefficient (Wildman–Crippen LogP) is -0.574. The molecular formula is C11H19N4O2+. The molecule has 1 aliphatic heterocycles. The Bertz CT molecular complexity index is 378. The summed E-state index contributed by atoms with van der Waals surface area (Å²) in [7, 11) is 3.68. The van der Waals surface area contributed by atoms with Crippen molar-refractivity contribution in [3.63, 3.8) is 0 Å². The Morgan fingerprint density at radius 3 is 2.59 bits per heavy atom. The van der Waals surface area contributed by atoms with Crippen LogP contribution in [0.2, 0.25) is 0 Å². The molecule has 6 heteroatoms. The number of aromatic nitrogens is 1. The van der Waals surface area contributed by atoms with Gasteiger partial charge in [-0.1, -0.05) is 0 Å². The molecular weight excluding hydrogens is 220 g/mol. The van der Waals surface area contributed by atoms with Crippen LogP contribution >= 0.6 is 0 Å². The average molecular weight is 239 g/mol. The fraction of sp³-hybridized carbons (Fsp3) is 0.545. The van der Waals surface area contributed by atoms with Crippen molar-refractivity contribution in [2.24, 2.45) is 0 Å². The number of piperazine rings is 1. The lowest BCUT2D eigenvalue weighted by molar-refractivity contribution is -0.826. The second kappa shape index (κ2) is 5.31. The first-order chi connectivity index (χ1) is 8.24. The number of nitrogens with zero attached hydrogens (tertiary/aromatic N) is 3. The molecule has 0 saturated carbocycles. The quantitative estimate of drug-likeness (QED) is 0.691. The van der Waals surface area contributed by atoms with Crippen molar-refractivity contribution in [1.29, 1.82) is 0 Å². The van der Waals surface area contributed by atoms with Crippen LogP contribution in [0.4, 0.5) is 11.5 Å². The number of nitrogens with two attached hydrogens (primary N) is 1. The molecule has 1 aromatic heterocycles. The molecule has 94 valence electrons. The molecule has 0 atom stereocenters. The minimum absolute atomic E-state index is 0.462. The monoisotopic (exact) mass is 239 g/mol. The molecule has 0 amide bonds. The zero-order chi connectivity index (χ0) is 12.3. The molecule has 2 rings (SSSR count). The number of hydrogen-bond donors (Lipinski definition) is 2. The summed E-state index contributed by atoms with van der Waals surface area (Å²) in [6, 6.07) is 3.73. The van der Waals surface area contributed by atoms with Gasteiger partial charge in [-0.25, -0.2) is 5.21 Å². The van der Waals surface area contributed by atoms with Gasteiger partial charge < -0.3 is 14.5 Å². The van der Waals surface area contributed by atoms with E-state index in [9.17, 15) is 0 Å². The van der Waals surface area contributed by atoms with Crippen molar-refractivity contribution >= 4 is 11.5 Å². The lowest BCUT2D eigenvalue weighted by atomic mass is 10.3. The fourth-order valence-electron chi connectivity index (χ4n) is 1.91. The van der Waals surface area contributed by atoms with Gasteiger partial charge in [0, 0.05) is 32.2 Å². The molecule has 0 aromatic carbocycles. The Hall–Kier alpha value is -1.37. The first-order valence-corrected chi connectivity index (χ1v) is 5.70. The Morgan fingerprint density at radius 1 is 1.29 bits per heavy atom. The van der Waals surface area contributed by atoms with Gasteiger partial charge in [0.2, 0.25) is 5.69 Å². The van der Waals surface area contributed by atoms with Crippen LogP contribution in [0.15, 0.2) is 12.1 Å². The highest BCUT2D eigenvalue weighted by Crippen LogP contribution is 2.22. The minimum Gasteiger partial charge on any atom is -0.477 e. The number of hydrogen-bond acceptors (Lipinski definition) is 5. The van der Waals surface area contributed by atoms with Gasteiger partial charge in [-0.3, -0.25) is 0 Å². The van der Waals surface area contributed by atoms with E-state index >= 15 is 0 Å². The molecule has 0 bridgehead atoms. The van der Waals surface area contributed by atoms with Gasteiger partial charge in [0.05, 0.1) is 7.11 Å². The van der Waals surface area contributed by atoms with Crippen LogP contribution in [0.25, 0.3) is 0 Å². The van der Waals surface area contributed by atoms with E-state index in [0.717, 1.165) is 37.5 Å². The second-order valence-electron chi connectivity index (χ2n) is 4.19. The first kappa shape index (κ1) is 12.1. The summed E-state index contributed by atoms with van der Waals surface area (Å²) in [5.41, 5.74) is 1.62. The van der Waals surface area contributed by atoms with Crippen LogP contribution in [-0.4, -0.2) is 55.4 Å². The SMILES string of the molecule is COc1nc(N2CCN(C)CC2)ccc1[NH2+]O. The molecule has 1 aromatic rings. The van der Waals surface area contributed by atoms with Crippen LogP contribution < -0.4 is 15.1 Å². The highest BCUT2D eigenvalue weighted by atomic mass is 16.5. The lowest BCUT2D eigenvalue weighted by Crippen LogP contribution is -2.73. The third-order valence-corrected chi connectivity index (χ3v) is 3.03. The van der Waals surface area contributed by atoms with Gasteiger partial charge in [-0.2, -0.15) is 10.5 Å². The Morgan fingerprint density at radius 2 is 2.00 bits per heavy atom. The van der Waals surface area contributed by atoms with E-state index in [1.807, 2.05) is 12.1 Å². The van der Waals surface area contributed by atoms with Gasteiger partial charge in [-0.05, 0) is 13.1 Å². The van der Waals surface area contributed by atoms with E-state index in [0.29, 0.717) is 11.6 Å². The number of rotatable bonds is 3. The molecule has 6 nitrogen and oxygen atoms in total. The molecule has 1 fully saturated rings. The van der Waals surface area contributed by atoms with E-state index in [1.54, 1.807) is 7.11 Å². The topological polar surface area (TPSA) is 65.4 Å². The van der Waals surface area contributed by atoms with Gasteiger partial charge in [0.1, 0.15) is 5.82 Å². The molecule has 1 aliphatic rings. The van der Waals surface area contributed by atoms with Gasteiger partial charge in [-0.15, -0.1) is 0 Å². The highest BCUT2D eigenvalue weighted by molar-refractivity contribution is 5.50. The van der Waals surface area contributed by atoms with E-state index in [1.165, 1.54) is 0 Å². The Balaban J connectivity index is 2.16. The summed E-state index contributed by atoms with van der Waals surface area (Å²) in [6.07, 6.45) is 0. The summed E-state index contributed by atoms with van der Waals surface area (Å²) in [6.45, 7) is 4.01. The Labute approximate surface area is 101 Å². The van der Waals surface area contributed by atoms with Crippen molar-refractivity contribution in [3.05, 3.63) is 12.1 Å². The zero-order valence-electron chi connectivity index (χ0n) is 10.3. The van der Waals surface area contributed by atoms with Gasteiger partial charge in [0.25, 0.3) is 5.88 Å². The third kappa shape index (κ3) is 2.66. The molecule has 0 spiro atoms. The standard InChI is InChI=1S/C11H18N4O2/c1-14-5-7-15(8-6-14)10-4-3-9(13-16)11(12-10)17-2/h3-4,13,16H,5-8H2,1-2H3/p+1. The number of quaternary nitrogens is 1. The molecule has 17 heavy (non-hydrogen) atoms. The van der Waals surface area contributed by atoms with Crippen molar-refractivity contribution in [3.8, 4) is 5.88 Å². The normalized spacial score (nSPS) is 17.2. The lowest BCUT2D eigenvalue weighted by Gasteiger charge is -2.33. The number of pyridine rings is 1. The van der Waals surface area contributed by atoms with Crippen LogP contribution in [-0.2, 0) is 0 Å². The summed E-state index contributed by atoms with van der Waals surface area (Å²) < 4.78 is 5.15. The summed E-state index contributed by atoms with van der Waals surface area (Å²) >= 11 is 0. The van der Waals surface area contributed by atoms with E-state index < -0.39 is 0 Å². The van der Waals surface area contributed by atoms with E-state index in [4.69, 9.17) is 9.94 Å². The van der Waals surface area contributed by atoms with E-state index in [2.05, 4.69) is 21.8 Å². The molecule has 0 aliphatic carbocycles. The van der Waals surface area contributed by atoms with Crippen LogP contribution in [0.5, 0.6) is 5.88 Å². The highest BCUT2D eigenvalue weighted by Gasteiger charge is 2.17. The maximum atomic E-state index is 9.02. The van der Waals surface area contributed by atoms with Crippen LogP contribution in [0.1, 0.15) is 0 Å². The van der Waals surface area contributed by atoms with Crippen molar-refractivity contribution in [2.45, 2.75) is 0 Å². The second-order valence-corrected chi connectivity index (χ2v) is 4.19. The molecule has 3 N–H and O–H groups in total. The largest absolute Gasteiger partial charge is 0.477 e. The van der Waals surface area contributed by atoms with Gasteiger partial charge in [0.15, 0.2) is 0 Å². The fourth-order valence-corrected chi connectivity index (χ4v) is 1.91. The van der Waals surface area contributed by atoms with Crippen molar-refractivity contribution < 1.29 is 15.4 Å². The minimum atomic E-state index is 0.462. The Kier molecular flexibility index (Phi) is 3.78. The summed E-state index contributed by atoms with van der Waals surface area (Å²) in [5.74, 6) is 1.37. The van der Waals surface area contributed by atoms with Gasteiger partial charge >= 0.3 is 0 Å². The van der Waals surface area contributed by atoms with E-state index in [-0.39, 0.29) is 0 Å². The maximum Gasteiger partial charge on any atom is 0.281 e. The molecule has 0 radical (unpaired) electrons. The van der Waals surface area contributed by atoms with Crippen molar-refractivity contribution in [2.75, 3.05) is 45.2 Å². The number of likely N-dealkylation sites (N-methyl/N-ethyl adjacent to an activating group) is 1. The first-order valence-electron chi connectivity index (χ1n) is 5.70. The molecule has 2 heterocycles. The van der Waals surface area contributed by atoms with Crippen LogP contribution in [0, 0.1) is 0 Å². The zero-order valence-corrected chi connectivity index (χ0v) is 10.3.